The van der Waals surface area contributed by atoms with Crippen LogP contribution in [0.15, 0.2) is 52.1 Å². The number of para-hydroxylation sites is 1. The first-order valence-electron chi connectivity index (χ1n) is 8.65. The molecule has 0 saturated carbocycles. The van der Waals surface area contributed by atoms with E-state index in [9.17, 15) is 4.79 Å². The van der Waals surface area contributed by atoms with Crippen LogP contribution in [0.3, 0.4) is 0 Å². The minimum Gasteiger partial charge on any atom is -0.327 e. The van der Waals surface area contributed by atoms with E-state index in [4.69, 9.17) is 0 Å². The number of fused-ring (bicyclic) bond motifs is 4. The van der Waals surface area contributed by atoms with Gasteiger partial charge in [0.15, 0.2) is 10.8 Å². The molecule has 0 spiro atoms. The lowest BCUT2D eigenvalue weighted by Gasteiger charge is -2.01. The highest BCUT2D eigenvalue weighted by Gasteiger charge is 2.14. The number of benzene rings is 2. The molecule has 3 heterocycles. The van der Waals surface area contributed by atoms with Gasteiger partial charge in [0.1, 0.15) is 5.52 Å². The zero-order valence-corrected chi connectivity index (χ0v) is 18.3. The molecule has 0 aliphatic rings. The predicted molar refractivity (Wildman–Crippen MR) is 120 cm³/mol. The van der Waals surface area contributed by atoms with Crippen molar-refractivity contribution in [1.29, 1.82) is 0 Å². The number of aryl methyl sites for hydroxylation is 1. The van der Waals surface area contributed by atoms with Crippen LogP contribution >= 0.6 is 39.0 Å². The Morgan fingerprint density at radius 2 is 2.07 bits per heavy atom. The zero-order valence-electron chi connectivity index (χ0n) is 15.1. The minimum atomic E-state index is -0.154. The van der Waals surface area contributed by atoms with Crippen LogP contribution < -0.4 is 5.32 Å². The Morgan fingerprint density at radius 3 is 2.93 bits per heavy atom. The number of anilines is 1. The Balaban J connectivity index is 1.34. The Kier molecular flexibility index (Phi) is 4.69. The van der Waals surface area contributed by atoms with Crippen molar-refractivity contribution in [2.45, 2.75) is 5.16 Å². The van der Waals surface area contributed by atoms with Gasteiger partial charge < -0.3 is 9.88 Å². The quantitative estimate of drug-likeness (QED) is 0.374. The molecular formula is C19H13BrN6OS2. The summed E-state index contributed by atoms with van der Waals surface area (Å²) in [7, 11) is 1.95. The molecule has 1 amide bonds. The Hall–Kier alpha value is -2.56. The van der Waals surface area contributed by atoms with Gasteiger partial charge in [0, 0.05) is 16.9 Å². The number of nitrogens with one attached hydrogen (secondary N) is 1. The van der Waals surface area contributed by atoms with Crippen molar-refractivity contribution in [2.75, 3.05) is 11.1 Å². The van der Waals surface area contributed by atoms with Crippen LogP contribution in [0, 0.1) is 0 Å². The fourth-order valence-electron chi connectivity index (χ4n) is 3.09. The molecule has 144 valence electrons. The van der Waals surface area contributed by atoms with Gasteiger partial charge in [0.05, 0.1) is 21.5 Å². The van der Waals surface area contributed by atoms with Crippen molar-refractivity contribution >= 4 is 82.4 Å². The van der Waals surface area contributed by atoms with E-state index < -0.39 is 0 Å². The molecule has 2 aromatic carbocycles. The van der Waals surface area contributed by atoms with E-state index in [0.29, 0.717) is 10.3 Å². The second-order valence-corrected chi connectivity index (χ2v) is 9.20. The molecule has 0 fully saturated rings. The molecule has 3 aromatic heterocycles. The average molecular weight is 485 g/mol. The number of nitrogens with zero attached hydrogens (tertiary/aromatic N) is 5. The summed E-state index contributed by atoms with van der Waals surface area (Å²) in [6, 6.07) is 13.8. The molecule has 0 atom stereocenters. The van der Waals surface area contributed by atoms with Gasteiger partial charge in [0.2, 0.25) is 11.1 Å². The van der Waals surface area contributed by atoms with Crippen LogP contribution in [0.1, 0.15) is 0 Å². The first kappa shape index (κ1) is 18.5. The lowest BCUT2D eigenvalue weighted by Crippen LogP contribution is -2.14. The molecular weight excluding hydrogens is 472 g/mol. The maximum absolute atomic E-state index is 12.3. The van der Waals surface area contributed by atoms with Gasteiger partial charge in [-0.15, -0.1) is 10.2 Å². The second-order valence-electron chi connectivity index (χ2n) is 6.31. The summed E-state index contributed by atoms with van der Waals surface area (Å²) >= 11 is 6.19. The number of thioether (sulfide) groups is 1. The molecule has 29 heavy (non-hydrogen) atoms. The summed E-state index contributed by atoms with van der Waals surface area (Å²) in [4.78, 5) is 21.3. The number of halogens is 1. The zero-order chi connectivity index (χ0) is 20.0. The van der Waals surface area contributed by atoms with Crippen molar-refractivity contribution in [1.82, 2.24) is 24.7 Å². The van der Waals surface area contributed by atoms with E-state index in [1.807, 2.05) is 54.1 Å². The molecule has 5 aromatic rings. The third-order valence-electron chi connectivity index (χ3n) is 4.41. The third-order valence-corrected chi connectivity index (χ3v) is 6.70. The predicted octanol–water partition coefficient (Wildman–Crippen LogP) is 4.62. The Labute approximate surface area is 181 Å². The molecule has 5 rings (SSSR count). The summed E-state index contributed by atoms with van der Waals surface area (Å²) in [6.45, 7) is 0. The maximum Gasteiger partial charge on any atom is 0.236 e. The normalized spacial score (nSPS) is 11.5. The largest absolute Gasteiger partial charge is 0.327 e. The number of thiazole rings is 1. The van der Waals surface area contributed by atoms with Crippen LogP contribution in [-0.4, -0.2) is 36.4 Å². The SMILES string of the molecule is Cn1c2ccc(Br)cc2c2nnc(SCC(=O)Nc3nc4ccccc4s3)nc21. The molecule has 7 nitrogen and oxygen atoms in total. The molecule has 0 unspecified atom stereocenters. The number of hydrogen-bond donors (Lipinski definition) is 1. The van der Waals surface area contributed by atoms with Crippen molar-refractivity contribution < 1.29 is 4.79 Å². The van der Waals surface area contributed by atoms with Gasteiger partial charge in [-0.1, -0.05) is 51.2 Å². The highest BCUT2D eigenvalue weighted by molar-refractivity contribution is 9.10. The topological polar surface area (TPSA) is 85.6 Å². The summed E-state index contributed by atoms with van der Waals surface area (Å²) < 4.78 is 4.00. The highest BCUT2D eigenvalue weighted by Crippen LogP contribution is 2.29. The molecule has 0 aliphatic carbocycles. The number of carbonyl (C=O) groups excluding carboxylic acids is 1. The van der Waals surface area contributed by atoms with Gasteiger partial charge in [-0.25, -0.2) is 9.97 Å². The molecule has 0 aliphatic heterocycles. The van der Waals surface area contributed by atoms with Crippen LogP contribution in [-0.2, 0) is 11.8 Å². The van der Waals surface area contributed by atoms with E-state index >= 15 is 0 Å². The van der Waals surface area contributed by atoms with Crippen molar-refractivity contribution in [3.05, 3.63) is 46.9 Å². The first-order chi connectivity index (χ1) is 14.1. The average Bonchev–Trinajstić information content (AvgIpc) is 3.24. The Morgan fingerprint density at radius 1 is 1.21 bits per heavy atom. The standard InChI is InChI=1S/C19H13BrN6OS2/c1-26-13-7-6-10(20)8-11(13)16-17(26)23-19(25-24-16)28-9-15(27)22-18-21-12-4-2-3-5-14(12)29-18/h2-8H,9H2,1H3,(H,21,22,27). The van der Waals surface area contributed by atoms with Gasteiger partial charge in [-0.05, 0) is 30.3 Å². The number of amides is 1. The first-order valence-corrected chi connectivity index (χ1v) is 11.2. The fourth-order valence-corrected chi connectivity index (χ4v) is 4.91. The molecule has 10 heteroatoms. The van der Waals surface area contributed by atoms with Crippen LogP contribution in [0.4, 0.5) is 5.13 Å². The van der Waals surface area contributed by atoms with E-state index in [0.717, 1.165) is 36.8 Å². The lowest BCUT2D eigenvalue weighted by molar-refractivity contribution is -0.113. The number of hydrogen-bond acceptors (Lipinski definition) is 7. The van der Waals surface area contributed by atoms with Crippen LogP contribution in [0.25, 0.3) is 32.3 Å². The lowest BCUT2D eigenvalue weighted by atomic mass is 10.2. The van der Waals surface area contributed by atoms with E-state index in [1.165, 1.54) is 23.1 Å². The summed E-state index contributed by atoms with van der Waals surface area (Å²) in [6.07, 6.45) is 0. The van der Waals surface area contributed by atoms with Crippen LogP contribution in [0.5, 0.6) is 0 Å². The van der Waals surface area contributed by atoms with Gasteiger partial charge in [-0.2, -0.15) is 0 Å². The molecule has 0 bridgehead atoms. The Bertz CT molecular complexity index is 1360. The van der Waals surface area contributed by atoms with Gasteiger partial charge in [0.25, 0.3) is 0 Å². The summed E-state index contributed by atoms with van der Waals surface area (Å²) in [5.41, 5.74) is 3.39. The van der Waals surface area contributed by atoms with Crippen LogP contribution in [0.2, 0.25) is 0 Å². The van der Waals surface area contributed by atoms with E-state index in [1.54, 1.807) is 0 Å². The smallest absolute Gasteiger partial charge is 0.236 e. The number of rotatable bonds is 4. The molecule has 0 radical (unpaired) electrons. The minimum absolute atomic E-state index is 0.154. The van der Waals surface area contributed by atoms with Crippen molar-refractivity contribution in [3.63, 3.8) is 0 Å². The van der Waals surface area contributed by atoms with Crippen molar-refractivity contribution in [2.24, 2.45) is 7.05 Å². The fraction of sp³-hybridized carbons (Fsp3) is 0.105. The number of aromatic nitrogens is 5. The highest BCUT2D eigenvalue weighted by atomic mass is 79.9. The summed E-state index contributed by atoms with van der Waals surface area (Å²) in [5, 5.41) is 13.4. The monoisotopic (exact) mass is 484 g/mol. The number of carbonyl (C=O) groups is 1. The van der Waals surface area contributed by atoms with Crippen molar-refractivity contribution in [3.8, 4) is 0 Å². The van der Waals surface area contributed by atoms with E-state index in [2.05, 4.69) is 41.4 Å². The van der Waals surface area contributed by atoms with Gasteiger partial charge >= 0.3 is 0 Å². The maximum atomic E-state index is 12.3. The van der Waals surface area contributed by atoms with Gasteiger partial charge in [-0.3, -0.25) is 4.79 Å². The van der Waals surface area contributed by atoms with E-state index in [-0.39, 0.29) is 11.7 Å². The molecule has 1 N–H and O–H groups in total. The summed E-state index contributed by atoms with van der Waals surface area (Å²) in [5.74, 6) is 0.0252. The third kappa shape index (κ3) is 3.47. The second kappa shape index (κ2) is 7.36. The molecule has 0 saturated heterocycles.